The predicted octanol–water partition coefficient (Wildman–Crippen LogP) is 5.60. The molecule has 38 heavy (non-hydrogen) atoms. The highest BCUT2D eigenvalue weighted by atomic mass is 19.1. The van der Waals surface area contributed by atoms with Crippen molar-refractivity contribution in [3.63, 3.8) is 0 Å². The number of aliphatic carboxylic acids is 1. The Morgan fingerprint density at radius 1 is 1.08 bits per heavy atom. The number of fused-ring (bicyclic) bond motifs is 1. The Hall–Kier alpha value is -3.87. The summed E-state index contributed by atoms with van der Waals surface area (Å²) >= 11 is 0. The zero-order valence-electron chi connectivity index (χ0n) is 22.1. The predicted molar refractivity (Wildman–Crippen MR) is 143 cm³/mol. The molecule has 1 aliphatic rings. The van der Waals surface area contributed by atoms with Crippen molar-refractivity contribution in [3.8, 4) is 11.5 Å². The molecule has 1 unspecified atom stereocenters. The first-order chi connectivity index (χ1) is 18.1. The molecule has 0 aromatic heterocycles. The fraction of sp³-hybridized carbons (Fsp3) is 0.355. The third-order valence-electron chi connectivity index (χ3n) is 6.52. The zero-order valence-corrected chi connectivity index (χ0v) is 22.1. The van der Waals surface area contributed by atoms with Crippen LogP contribution in [0.2, 0.25) is 0 Å². The van der Waals surface area contributed by atoms with E-state index in [2.05, 4.69) is 0 Å². The van der Waals surface area contributed by atoms with Gasteiger partial charge in [-0.2, -0.15) is 0 Å². The summed E-state index contributed by atoms with van der Waals surface area (Å²) in [5, 5.41) is 9.39. The second-order valence-electron chi connectivity index (χ2n) is 10.4. The summed E-state index contributed by atoms with van der Waals surface area (Å²) in [5.74, 6) is -0.0736. The summed E-state index contributed by atoms with van der Waals surface area (Å²) in [6.45, 7) is 5.66. The van der Waals surface area contributed by atoms with Crippen LogP contribution in [0.3, 0.4) is 0 Å². The minimum Gasteiger partial charge on any atom is -0.491 e. The topological polar surface area (TPSA) is 76.1 Å². The zero-order chi connectivity index (χ0) is 27.3. The summed E-state index contributed by atoms with van der Waals surface area (Å²) < 4.78 is 26.1. The van der Waals surface area contributed by atoms with Gasteiger partial charge in [0.2, 0.25) is 5.91 Å². The largest absolute Gasteiger partial charge is 0.491 e. The quantitative estimate of drug-likeness (QED) is 0.357. The van der Waals surface area contributed by atoms with Crippen LogP contribution < -0.4 is 9.47 Å². The number of halogens is 1. The maximum atomic E-state index is 14.2. The van der Waals surface area contributed by atoms with Crippen molar-refractivity contribution in [3.05, 3.63) is 94.8 Å². The number of rotatable bonds is 11. The van der Waals surface area contributed by atoms with Gasteiger partial charge in [-0.05, 0) is 73.7 Å². The van der Waals surface area contributed by atoms with E-state index in [-0.39, 0.29) is 37.3 Å². The Morgan fingerprint density at radius 2 is 1.87 bits per heavy atom. The molecule has 0 saturated carbocycles. The summed E-state index contributed by atoms with van der Waals surface area (Å²) in [7, 11) is 0. The molecule has 4 rings (SSSR count). The van der Waals surface area contributed by atoms with Gasteiger partial charge in [0.25, 0.3) is 0 Å². The Balaban J connectivity index is 1.39. The van der Waals surface area contributed by atoms with Crippen LogP contribution in [0.4, 0.5) is 4.39 Å². The van der Waals surface area contributed by atoms with Gasteiger partial charge >= 0.3 is 5.97 Å². The fourth-order valence-corrected chi connectivity index (χ4v) is 4.89. The highest BCUT2D eigenvalue weighted by Crippen LogP contribution is 2.38. The van der Waals surface area contributed by atoms with Crippen LogP contribution >= 0.6 is 0 Å². The van der Waals surface area contributed by atoms with Crippen molar-refractivity contribution in [2.45, 2.75) is 64.7 Å². The second-order valence-corrected chi connectivity index (χ2v) is 10.4. The van der Waals surface area contributed by atoms with E-state index in [1.54, 1.807) is 12.1 Å². The number of carboxylic acids is 1. The number of hydrogen-bond donors (Lipinski definition) is 1. The van der Waals surface area contributed by atoms with Gasteiger partial charge in [-0.15, -0.1) is 0 Å². The normalized spacial score (nSPS) is 16.1. The first kappa shape index (κ1) is 27.2. The van der Waals surface area contributed by atoms with Crippen molar-refractivity contribution < 1.29 is 28.6 Å². The van der Waals surface area contributed by atoms with Crippen molar-refractivity contribution >= 4 is 11.9 Å². The molecular weight excluding hydrogens is 485 g/mol. The Bertz CT molecular complexity index is 1310. The smallest absolute Gasteiger partial charge is 0.323 e. The van der Waals surface area contributed by atoms with E-state index in [0.717, 1.165) is 22.4 Å². The SMILES string of the molecule is CC(C)Oc1cccc(CN(CC(=O)O)C(=O)CCc2ccc3c(c2)CC(C)(Cc2ccccc2F)O3)c1. The number of aryl methyl sites for hydroxylation is 1. The third-order valence-corrected chi connectivity index (χ3v) is 6.52. The molecule has 0 spiro atoms. The number of ether oxygens (including phenoxy) is 2. The Kier molecular flexibility index (Phi) is 8.35. The van der Waals surface area contributed by atoms with Crippen molar-refractivity contribution in [2.75, 3.05) is 6.54 Å². The first-order valence-corrected chi connectivity index (χ1v) is 12.9. The van der Waals surface area contributed by atoms with E-state index in [0.29, 0.717) is 30.6 Å². The van der Waals surface area contributed by atoms with E-state index in [9.17, 15) is 19.1 Å². The molecule has 6 nitrogen and oxygen atoms in total. The van der Waals surface area contributed by atoms with Crippen LogP contribution in [0.25, 0.3) is 0 Å². The maximum Gasteiger partial charge on any atom is 0.323 e. The van der Waals surface area contributed by atoms with Gasteiger partial charge in [0.1, 0.15) is 29.5 Å². The van der Waals surface area contributed by atoms with Gasteiger partial charge in [-0.1, -0.05) is 42.5 Å². The van der Waals surface area contributed by atoms with E-state index in [4.69, 9.17) is 9.47 Å². The highest BCUT2D eigenvalue weighted by Gasteiger charge is 2.35. The number of carboxylic acid groups (broad SMARTS) is 1. The second kappa shape index (κ2) is 11.7. The van der Waals surface area contributed by atoms with Crippen LogP contribution in [0.1, 0.15) is 49.4 Å². The van der Waals surface area contributed by atoms with E-state index < -0.39 is 11.6 Å². The molecule has 0 bridgehead atoms. The van der Waals surface area contributed by atoms with Gasteiger partial charge in [0.15, 0.2) is 0 Å². The Labute approximate surface area is 223 Å². The van der Waals surface area contributed by atoms with E-state index >= 15 is 0 Å². The molecule has 7 heteroatoms. The summed E-state index contributed by atoms with van der Waals surface area (Å²) in [5.41, 5.74) is 2.87. The van der Waals surface area contributed by atoms with Gasteiger partial charge in [0, 0.05) is 25.8 Å². The van der Waals surface area contributed by atoms with Gasteiger partial charge in [-0.25, -0.2) is 4.39 Å². The number of benzene rings is 3. The Morgan fingerprint density at radius 3 is 2.61 bits per heavy atom. The van der Waals surface area contributed by atoms with Gasteiger partial charge < -0.3 is 19.5 Å². The molecule has 200 valence electrons. The molecule has 0 radical (unpaired) electrons. The fourth-order valence-electron chi connectivity index (χ4n) is 4.89. The van der Waals surface area contributed by atoms with Crippen LogP contribution in [0, 0.1) is 5.82 Å². The first-order valence-electron chi connectivity index (χ1n) is 12.9. The lowest BCUT2D eigenvalue weighted by molar-refractivity contribution is -0.144. The lowest BCUT2D eigenvalue weighted by Crippen LogP contribution is -2.35. The molecule has 1 heterocycles. The number of carbonyl (C=O) groups is 2. The maximum absolute atomic E-state index is 14.2. The van der Waals surface area contributed by atoms with Crippen molar-refractivity contribution in [1.29, 1.82) is 0 Å². The minimum absolute atomic E-state index is 0.0112. The molecular formula is C31H34FNO5. The summed E-state index contributed by atoms with van der Waals surface area (Å²) in [6.07, 6.45) is 1.76. The molecule has 1 N–H and O–H groups in total. The average Bonchev–Trinajstić information content (AvgIpc) is 3.18. The molecule has 1 amide bonds. The van der Waals surface area contributed by atoms with E-state index in [1.807, 2.05) is 69.3 Å². The van der Waals surface area contributed by atoms with Crippen LogP contribution in [0.15, 0.2) is 66.7 Å². The van der Waals surface area contributed by atoms with Crippen LogP contribution in [-0.2, 0) is 35.4 Å². The summed E-state index contributed by atoms with van der Waals surface area (Å²) in [4.78, 5) is 25.9. The summed E-state index contributed by atoms with van der Waals surface area (Å²) in [6, 6.07) is 20.0. The molecule has 3 aromatic rings. The molecule has 0 saturated heterocycles. The van der Waals surface area contributed by atoms with Crippen molar-refractivity contribution in [1.82, 2.24) is 4.90 Å². The molecule has 1 atom stereocenters. The van der Waals surface area contributed by atoms with Gasteiger partial charge in [-0.3, -0.25) is 9.59 Å². The molecule has 0 fully saturated rings. The minimum atomic E-state index is -1.06. The lowest BCUT2D eigenvalue weighted by atomic mass is 9.91. The molecule has 0 aliphatic carbocycles. The van der Waals surface area contributed by atoms with Crippen molar-refractivity contribution in [2.24, 2.45) is 0 Å². The number of hydrogen-bond acceptors (Lipinski definition) is 4. The monoisotopic (exact) mass is 519 g/mol. The number of nitrogens with zero attached hydrogens (tertiary/aromatic N) is 1. The number of amides is 1. The highest BCUT2D eigenvalue weighted by molar-refractivity contribution is 5.81. The molecule has 1 aliphatic heterocycles. The van der Waals surface area contributed by atoms with Gasteiger partial charge in [0.05, 0.1) is 6.10 Å². The third kappa shape index (κ3) is 7.12. The average molecular weight is 520 g/mol. The van der Waals surface area contributed by atoms with E-state index in [1.165, 1.54) is 11.0 Å². The standard InChI is InChI=1S/C31H34FNO5/c1-21(2)37-26-9-6-7-23(16-26)19-33(20-30(35)36)29(34)14-12-22-11-13-28-25(15-22)18-31(3,38-28)17-24-8-4-5-10-27(24)32/h4-11,13,15-16,21H,12,14,17-20H2,1-3H3,(H,35,36). The molecule has 3 aromatic carbocycles. The van der Waals surface area contributed by atoms with Crippen LogP contribution in [-0.4, -0.2) is 40.1 Å². The number of carbonyl (C=O) groups excluding carboxylic acids is 1. The lowest BCUT2D eigenvalue weighted by Gasteiger charge is -2.24. The van der Waals surface area contributed by atoms with Crippen LogP contribution in [0.5, 0.6) is 11.5 Å².